The number of halogens is 1. The number of hydrogen-bond donors (Lipinski definition) is 0. The van der Waals surface area contributed by atoms with E-state index in [1.807, 2.05) is 0 Å². The van der Waals surface area contributed by atoms with Crippen LogP contribution in [0.2, 0.25) is 0 Å². The SMILES string of the molecule is C#CCC(=O)C1(C)CC1F. The Hall–Kier alpha value is -0.840. The highest BCUT2D eigenvalue weighted by Gasteiger charge is 2.56. The Balaban J connectivity index is 2.53. The summed E-state index contributed by atoms with van der Waals surface area (Å²) < 4.78 is 12.4. The van der Waals surface area contributed by atoms with Crippen molar-refractivity contribution in [3.63, 3.8) is 0 Å². The van der Waals surface area contributed by atoms with E-state index in [1.54, 1.807) is 6.92 Å². The Morgan fingerprint density at radius 1 is 2.00 bits per heavy atom. The largest absolute Gasteiger partial charge is 0.298 e. The number of carbonyl (C=O) groups is 1. The second-order valence-corrected chi connectivity index (χ2v) is 2.89. The van der Waals surface area contributed by atoms with Crippen molar-refractivity contribution in [1.29, 1.82) is 0 Å². The minimum absolute atomic E-state index is 0.0664. The van der Waals surface area contributed by atoms with Gasteiger partial charge in [0.05, 0.1) is 11.8 Å². The maximum absolute atomic E-state index is 12.4. The molecule has 0 heterocycles. The van der Waals surface area contributed by atoms with Crippen LogP contribution < -0.4 is 0 Å². The molecule has 1 nitrogen and oxygen atoms in total. The molecule has 1 rings (SSSR count). The Kier molecular flexibility index (Phi) is 1.52. The number of Topliss-reactive ketones (excluding diaryl/α,β-unsaturated/α-hetero) is 1. The number of ketones is 1. The summed E-state index contributed by atoms with van der Waals surface area (Å²) in [4.78, 5) is 11.0. The van der Waals surface area contributed by atoms with E-state index in [0.717, 1.165) is 0 Å². The zero-order valence-corrected chi connectivity index (χ0v) is 5.86. The third-order valence-corrected chi connectivity index (χ3v) is 2.03. The Bertz CT molecular complexity index is 204. The first kappa shape index (κ1) is 7.27. The second kappa shape index (κ2) is 2.09. The van der Waals surface area contributed by atoms with Crippen molar-refractivity contribution in [2.45, 2.75) is 25.9 Å². The molecule has 1 aliphatic rings. The quantitative estimate of drug-likeness (QED) is 0.529. The second-order valence-electron chi connectivity index (χ2n) is 2.89. The van der Waals surface area contributed by atoms with Crippen LogP contribution in [0.25, 0.3) is 0 Å². The molecular weight excluding hydrogens is 131 g/mol. The van der Waals surface area contributed by atoms with Crippen molar-refractivity contribution in [2.24, 2.45) is 5.41 Å². The first-order chi connectivity index (χ1) is 4.61. The maximum Gasteiger partial charge on any atom is 0.153 e. The standard InChI is InChI=1S/C8H9FO/c1-3-4-7(10)8(2)5-6(8)9/h1,6H,4-5H2,2H3. The van der Waals surface area contributed by atoms with Gasteiger partial charge in [-0.3, -0.25) is 4.79 Å². The molecular formula is C8H9FO. The molecule has 2 unspecified atom stereocenters. The summed E-state index contributed by atoms with van der Waals surface area (Å²) >= 11 is 0. The number of alkyl halides is 1. The zero-order chi connectivity index (χ0) is 7.78. The molecule has 2 heteroatoms. The molecule has 0 N–H and O–H groups in total. The molecule has 10 heavy (non-hydrogen) atoms. The van der Waals surface area contributed by atoms with Crippen LogP contribution in [-0.2, 0) is 4.79 Å². The van der Waals surface area contributed by atoms with Crippen molar-refractivity contribution in [3.8, 4) is 12.3 Å². The molecule has 0 radical (unpaired) electrons. The molecule has 0 aromatic rings. The van der Waals surface area contributed by atoms with E-state index in [-0.39, 0.29) is 12.2 Å². The fourth-order valence-corrected chi connectivity index (χ4v) is 0.896. The normalized spacial score (nSPS) is 36.7. The molecule has 1 saturated carbocycles. The van der Waals surface area contributed by atoms with Gasteiger partial charge in [-0.2, -0.15) is 0 Å². The highest BCUT2D eigenvalue weighted by atomic mass is 19.1. The molecule has 0 bridgehead atoms. The minimum atomic E-state index is -0.951. The Morgan fingerprint density at radius 2 is 2.50 bits per heavy atom. The predicted molar refractivity (Wildman–Crippen MR) is 36.1 cm³/mol. The number of hydrogen-bond acceptors (Lipinski definition) is 1. The average Bonchev–Trinajstić information content (AvgIpc) is 2.43. The average molecular weight is 140 g/mol. The van der Waals surface area contributed by atoms with E-state index in [2.05, 4.69) is 5.92 Å². The van der Waals surface area contributed by atoms with Crippen LogP contribution in [0, 0.1) is 17.8 Å². The third-order valence-electron chi connectivity index (χ3n) is 2.03. The molecule has 1 fully saturated rings. The van der Waals surface area contributed by atoms with E-state index < -0.39 is 11.6 Å². The lowest BCUT2D eigenvalue weighted by molar-refractivity contribution is -0.123. The minimum Gasteiger partial charge on any atom is -0.298 e. The van der Waals surface area contributed by atoms with Gasteiger partial charge in [0, 0.05) is 0 Å². The lowest BCUT2D eigenvalue weighted by atomic mass is 10.0. The Labute approximate surface area is 59.6 Å². The zero-order valence-electron chi connectivity index (χ0n) is 5.86. The van der Waals surface area contributed by atoms with Gasteiger partial charge in [-0.15, -0.1) is 6.42 Å². The van der Waals surface area contributed by atoms with Gasteiger partial charge in [-0.1, -0.05) is 5.92 Å². The van der Waals surface area contributed by atoms with Gasteiger partial charge in [0.25, 0.3) is 0 Å². The fourth-order valence-electron chi connectivity index (χ4n) is 0.896. The number of carbonyl (C=O) groups excluding carboxylic acids is 1. The number of terminal acetylenes is 1. The maximum atomic E-state index is 12.4. The van der Waals surface area contributed by atoms with E-state index in [0.29, 0.717) is 6.42 Å². The highest BCUT2D eigenvalue weighted by Crippen LogP contribution is 2.49. The lowest BCUT2D eigenvalue weighted by Gasteiger charge is -2.01. The van der Waals surface area contributed by atoms with Crippen LogP contribution in [0.5, 0.6) is 0 Å². The van der Waals surface area contributed by atoms with Crippen LogP contribution in [0.15, 0.2) is 0 Å². The van der Waals surface area contributed by atoms with Crippen molar-refractivity contribution < 1.29 is 9.18 Å². The summed E-state index contributed by atoms with van der Waals surface area (Å²) in [5.41, 5.74) is -0.730. The van der Waals surface area contributed by atoms with E-state index in [4.69, 9.17) is 6.42 Å². The van der Waals surface area contributed by atoms with Gasteiger partial charge in [0.2, 0.25) is 0 Å². The van der Waals surface area contributed by atoms with E-state index in [9.17, 15) is 9.18 Å². The van der Waals surface area contributed by atoms with Crippen molar-refractivity contribution in [2.75, 3.05) is 0 Å². The fraction of sp³-hybridized carbons (Fsp3) is 0.625. The summed E-state index contributed by atoms with van der Waals surface area (Å²) in [5, 5.41) is 0. The van der Waals surface area contributed by atoms with Crippen LogP contribution in [0.1, 0.15) is 19.8 Å². The van der Waals surface area contributed by atoms with E-state index in [1.165, 1.54) is 0 Å². The lowest BCUT2D eigenvalue weighted by Crippen LogP contribution is -2.13. The van der Waals surface area contributed by atoms with Gasteiger partial charge in [-0.25, -0.2) is 4.39 Å². The van der Waals surface area contributed by atoms with Gasteiger partial charge >= 0.3 is 0 Å². The molecule has 1 aliphatic carbocycles. The monoisotopic (exact) mass is 140 g/mol. The van der Waals surface area contributed by atoms with Crippen molar-refractivity contribution >= 4 is 5.78 Å². The van der Waals surface area contributed by atoms with Gasteiger partial charge in [-0.05, 0) is 13.3 Å². The van der Waals surface area contributed by atoms with Crippen molar-refractivity contribution in [1.82, 2.24) is 0 Å². The molecule has 0 aliphatic heterocycles. The summed E-state index contributed by atoms with van der Waals surface area (Å²) in [6, 6.07) is 0. The van der Waals surface area contributed by atoms with Gasteiger partial charge in [0.15, 0.2) is 5.78 Å². The highest BCUT2D eigenvalue weighted by molar-refractivity contribution is 5.89. The summed E-state index contributed by atoms with van der Waals surface area (Å²) in [6.45, 7) is 1.62. The molecule has 0 spiro atoms. The van der Waals surface area contributed by atoms with Gasteiger partial charge in [0.1, 0.15) is 6.17 Å². The molecule has 0 aromatic carbocycles. The molecule has 54 valence electrons. The molecule has 0 aromatic heterocycles. The van der Waals surface area contributed by atoms with Crippen LogP contribution in [-0.4, -0.2) is 12.0 Å². The summed E-state index contributed by atoms with van der Waals surface area (Å²) in [7, 11) is 0. The van der Waals surface area contributed by atoms with Crippen LogP contribution in [0.3, 0.4) is 0 Å². The van der Waals surface area contributed by atoms with Gasteiger partial charge < -0.3 is 0 Å². The predicted octanol–water partition coefficient (Wildman–Crippen LogP) is 1.33. The summed E-state index contributed by atoms with van der Waals surface area (Å²) in [6.07, 6.45) is 4.38. The Morgan fingerprint density at radius 3 is 2.80 bits per heavy atom. The number of rotatable bonds is 2. The third kappa shape index (κ3) is 0.923. The van der Waals surface area contributed by atoms with Crippen LogP contribution in [0.4, 0.5) is 4.39 Å². The first-order valence-corrected chi connectivity index (χ1v) is 3.22. The first-order valence-electron chi connectivity index (χ1n) is 3.22. The molecule has 0 amide bonds. The van der Waals surface area contributed by atoms with Crippen LogP contribution >= 0.6 is 0 Å². The molecule has 2 atom stereocenters. The molecule has 0 saturated heterocycles. The topological polar surface area (TPSA) is 17.1 Å². The van der Waals surface area contributed by atoms with E-state index >= 15 is 0 Å². The smallest absolute Gasteiger partial charge is 0.153 e. The summed E-state index contributed by atoms with van der Waals surface area (Å²) in [5.74, 6) is 2.08. The van der Waals surface area contributed by atoms with Crippen molar-refractivity contribution in [3.05, 3.63) is 0 Å².